The monoisotopic (exact) mass is 471 g/mol. The lowest BCUT2D eigenvalue weighted by molar-refractivity contribution is -0.121. The van der Waals surface area contributed by atoms with Crippen molar-refractivity contribution in [1.82, 2.24) is 16.0 Å². The van der Waals surface area contributed by atoms with Gasteiger partial charge < -0.3 is 15.4 Å². The zero-order valence-corrected chi connectivity index (χ0v) is 22.3. The first-order chi connectivity index (χ1) is 16.3. The van der Waals surface area contributed by atoms with E-state index in [1.165, 1.54) is 50.5 Å². The van der Waals surface area contributed by atoms with Gasteiger partial charge in [-0.1, -0.05) is 19.4 Å². The van der Waals surface area contributed by atoms with E-state index in [0.717, 1.165) is 56.1 Å². The molecule has 0 aromatic heterocycles. The normalized spacial score (nSPS) is 47.1. The number of allylic oxidation sites excluding steroid dienone is 1. The molecular weight excluding hydrogens is 422 g/mol. The number of amides is 1. The highest BCUT2D eigenvalue weighted by atomic mass is 16.5. The Balaban J connectivity index is 1.37. The van der Waals surface area contributed by atoms with Crippen LogP contribution in [0.4, 0.5) is 0 Å². The number of carbonyl (C=O) groups is 1. The van der Waals surface area contributed by atoms with Crippen LogP contribution in [0.2, 0.25) is 0 Å². The van der Waals surface area contributed by atoms with Crippen molar-refractivity contribution >= 4 is 5.91 Å². The molecule has 9 unspecified atom stereocenters. The van der Waals surface area contributed by atoms with Gasteiger partial charge in [0.05, 0.1) is 18.4 Å². The van der Waals surface area contributed by atoms with Gasteiger partial charge >= 0.3 is 0 Å². The summed E-state index contributed by atoms with van der Waals surface area (Å²) in [6.07, 6.45) is 12.7. The van der Waals surface area contributed by atoms with Crippen LogP contribution in [-0.4, -0.2) is 43.9 Å². The van der Waals surface area contributed by atoms with E-state index in [-0.39, 0.29) is 17.7 Å². The van der Waals surface area contributed by atoms with Gasteiger partial charge in [-0.05, 0) is 125 Å². The molecule has 0 bridgehead atoms. The molecule has 34 heavy (non-hydrogen) atoms. The van der Waals surface area contributed by atoms with Gasteiger partial charge in [0.2, 0.25) is 5.91 Å². The molecule has 2 heterocycles. The summed E-state index contributed by atoms with van der Waals surface area (Å²) in [7, 11) is 2.12. The number of nitrogens with one attached hydrogen (secondary N) is 3. The number of rotatable bonds is 2. The maximum absolute atomic E-state index is 11.7. The number of likely N-dealkylation sites (N-methyl/N-ethyl adjacent to an activating group) is 1. The SMILES string of the molecule is CNC12CCCC3C(=C(C)COC1CC(C)CN2)CC1C3CCC2CC(NC(C)=O)CCC21C. The van der Waals surface area contributed by atoms with Crippen LogP contribution < -0.4 is 16.0 Å². The van der Waals surface area contributed by atoms with Gasteiger partial charge in [-0.3, -0.25) is 10.1 Å². The van der Waals surface area contributed by atoms with Crippen LogP contribution in [0.1, 0.15) is 91.9 Å². The molecule has 3 saturated carbocycles. The highest BCUT2D eigenvalue weighted by molar-refractivity contribution is 5.73. The molecule has 2 aliphatic heterocycles. The quantitative estimate of drug-likeness (QED) is 0.508. The predicted molar refractivity (Wildman–Crippen MR) is 137 cm³/mol. The predicted octanol–water partition coefficient (Wildman–Crippen LogP) is 4.77. The lowest BCUT2D eigenvalue weighted by Gasteiger charge is -2.54. The molecule has 3 N–H and O–H groups in total. The summed E-state index contributed by atoms with van der Waals surface area (Å²) in [5.41, 5.74) is 3.64. The van der Waals surface area contributed by atoms with Crippen LogP contribution in [0.25, 0.3) is 0 Å². The fraction of sp³-hybridized carbons (Fsp3) is 0.897. The number of ether oxygens (including phenoxy) is 1. The van der Waals surface area contributed by atoms with Crippen LogP contribution in [0.15, 0.2) is 11.1 Å². The van der Waals surface area contributed by atoms with Gasteiger partial charge in [0.15, 0.2) is 0 Å². The van der Waals surface area contributed by atoms with Crippen molar-refractivity contribution < 1.29 is 9.53 Å². The molecule has 5 aliphatic rings. The van der Waals surface area contributed by atoms with Gasteiger partial charge in [-0.2, -0.15) is 0 Å². The Kier molecular flexibility index (Phi) is 6.93. The topological polar surface area (TPSA) is 62.4 Å². The van der Waals surface area contributed by atoms with Crippen LogP contribution in [-0.2, 0) is 9.53 Å². The van der Waals surface area contributed by atoms with E-state index in [1.54, 1.807) is 12.5 Å². The molecule has 4 fully saturated rings. The van der Waals surface area contributed by atoms with Crippen molar-refractivity contribution in [3.8, 4) is 0 Å². The lowest BCUT2D eigenvalue weighted by Crippen LogP contribution is -2.67. The maximum atomic E-state index is 11.7. The van der Waals surface area contributed by atoms with Crippen LogP contribution >= 0.6 is 0 Å². The summed E-state index contributed by atoms with van der Waals surface area (Å²) in [6, 6.07) is 0.388. The third-order valence-corrected chi connectivity index (χ3v) is 11.1. The molecule has 1 amide bonds. The third-order valence-electron chi connectivity index (χ3n) is 11.1. The Morgan fingerprint density at radius 1 is 1.15 bits per heavy atom. The highest BCUT2D eigenvalue weighted by Gasteiger charge is 2.56. The van der Waals surface area contributed by atoms with E-state index in [1.807, 2.05) is 0 Å². The van der Waals surface area contributed by atoms with Crippen molar-refractivity contribution in [3.05, 3.63) is 11.1 Å². The fourth-order valence-corrected chi connectivity index (χ4v) is 9.12. The Morgan fingerprint density at radius 2 is 1.97 bits per heavy atom. The number of hydrogen-bond acceptors (Lipinski definition) is 4. The van der Waals surface area contributed by atoms with Crippen molar-refractivity contribution in [2.24, 2.45) is 35.0 Å². The smallest absolute Gasteiger partial charge is 0.217 e. The molecule has 192 valence electrons. The fourth-order valence-electron chi connectivity index (χ4n) is 9.12. The second-order valence-electron chi connectivity index (χ2n) is 13.0. The van der Waals surface area contributed by atoms with E-state index in [9.17, 15) is 4.79 Å². The largest absolute Gasteiger partial charge is 0.371 e. The number of fused-ring (bicyclic) bond motifs is 6. The molecule has 5 heteroatoms. The Bertz CT molecular complexity index is 811. The molecular formula is C29H49N3O2. The van der Waals surface area contributed by atoms with E-state index in [2.05, 4.69) is 43.8 Å². The zero-order chi connectivity index (χ0) is 24.1. The van der Waals surface area contributed by atoms with E-state index < -0.39 is 0 Å². The molecule has 0 aromatic rings. The average molecular weight is 472 g/mol. The first-order valence-electron chi connectivity index (χ1n) is 14.3. The Labute approximate surface area is 207 Å². The molecule has 5 rings (SSSR count). The minimum absolute atomic E-state index is 0.0754. The van der Waals surface area contributed by atoms with Crippen molar-refractivity contribution in [2.45, 2.75) is 110 Å². The second kappa shape index (κ2) is 9.52. The minimum Gasteiger partial charge on any atom is -0.371 e. The summed E-state index contributed by atoms with van der Waals surface area (Å²) in [4.78, 5) is 11.7. The molecule has 9 atom stereocenters. The molecule has 0 radical (unpaired) electrons. The highest BCUT2D eigenvalue weighted by Crippen LogP contribution is 2.63. The minimum atomic E-state index is -0.0754. The number of hydrogen-bond donors (Lipinski definition) is 3. The second-order valence-corrected chi connectivity index (χ2v) is 13.0. The van der Waals surface area contributed by atoms with Gasteiger partial charge in [0, 0.05) is 13.0 Å². The zero-order valence-electron chi connectivity index (χ0n) is 22.3. The molecule has 1 saturated heterocycles. The van der Waals surface area contributed by atoms with E-state index in [4.69, 9.17) is 4.74 Å². The third kappa shape index (κ3) is 4.28. The number of piperidine rings is 1. The van der Waals surface area contributed by atoms with Crippen LogP contribution in [0.5, 0.6) is 0 Å². The van der Waals surface area contributed by atoms with Crippen LogP contribution in [0, 0.1) is 35.0 Å². The first-order valence-corrected chi connectivity index (χ1v) is 14.3. The lowest BCUT2D eigenvalue weighted by atomic mass is 9.52. The van der Waals surface area contributed by atoms with E-state index >= 15 is 0 Å². The summed E-state index contributed by atoms with van der Waals surface area (Å²) in [6.45, 7) is 10.9. The average Bonchev–Trinajstić information content (AvgIpc) is 3.18. The maximum Gasteiger partial charge on any atom is 0.217 e. The molecule has 5 nitrogen and oxygen atoms in total. The molecule has 0 aromatic carbocycles. The van der Waals surface area contributed by atoms with Gasteiger partial charge in [0.1, 0.15) is 0 Å². The Hall–Kier alpha value is -0.910. The molecule has 3 aliphatic carbocycles. The van der Waals surface area contributed by atoms with Gasteiger partial charge in [0.25, 0.3) is 0 Å². The summed E-state index contributed by atoms with van der Waals surface area (Å²) in [5, 5.41) is 10.8. The van der Waals surface area contributed by atoms with Crippen LogP contribution in [0.3, 0.4) is 0 Å². The summed E-state index contributed by atoms with van der Waals surface area (Å²) in [5.74, 6) is 3.94. The van der Waals surface area contributed by atoms with Gasteiger partial charge in [-0.25, -0.2) is 0 Å². The summed E-state index contributed by atoms with van der Waals surface area (Å²) < 4.78 is 6.72. The summed E-state index contributed by atoms with van der Waals surface area (Å²) >= 11 is 0. The van der Waals surface area contributed by atoms with Crippen molar-refractivity contribution in [2.75, 3.05) is 20.2 Å². The van der Waals surface area contributed by atoms with Gasteiger partial charge in [-0.15, -0.1) is 0 Å². The van der Waals surface area contributed by atoms with Crippen molar-refractivity contribution in [1.29, 1.82) is 0 Å². The van der Waals surface area contributed by atoms with Crippen molar-refractivity contribution in [3.63, 3.8) is 0 Å². The Morgan fingerprint density at radius 3 is 2.74 bits per heavy atom. The first kappa shape index (κ1) is 24.8. The number of carbonyl (C=O) groups excluding carboxylic acids is 1. The van der Waals surface area contributed by atoms with E-state index in [0.29, 0.717) is 17.4 Å². The standard InChI is InChI=1S/C29H49N3O2/c1-18-13-27-29(30-5,31-16-18)11-6-7-23-24-9-8-21-14-22(32-20(3)33)10-12-28(21,4)26(24)15-25(23)19(2)17-34-27/h18,21-24,26-27,30-31H,6-17H2,1-5H3,(H,32,33). The molecule has 0 spiro atoms.